The van der Waals surface area contributed by atoms with Crippen LogP contribution in [0.3, 0.4) is 0 Å². The van der Waals surface area contributed by atoms with E-state index in [2.05, 4.69) is 40.3 Å². The molecule has 1 N–H and O–H groups in total. The number of benzene rings is 2. The molecule has 0 saturated heterocycles. The van der Waals surface area contributed by atoms with Gasteiger partial charge in [-0.25, -0.2) is 9.59 Å². The number of hydrogen-bond donors (Lipinski definition) is 1. The number of hydrogen-bond acceptors (Lipinski definition) is 4. The Labute approximate surface area is 214 Å². The van der Waals surface area contributed by atoms with Crippen LogP contribution in [0.15, 0.2) is 72.9 Å². The SMILES string of the molecule is COC(=O)c1cccc(NC(=O)N2Cc3c(sc4c3CCCC4)-n3cccc3C2c2ccccc2)c1. The highest BCUT2D eigenvalue weighted by Crippen LogP contribution is 2.44. The topological polar surface area (TPSA) is 63.6 Å². The van der Waals surface area contributed by atoms with E-state index < -0.39 is 5.97 Å². The van der Waals surface area contributed by atoms with Crippen molar-refractivity contribution in [3.05, 3.63) is 106 Å². The average molecular weight is 498 g/mol. The van der Waals surface area contributed by atoms with Gasteiger partial charge >= 0.3 is 12.0 Å². The van der Waals surface area contributed by atoms with Crippen LogP contribution >= 0.6 is 11.3 Å². The van der Waals surface area contributed by atoms with E-state index in [0.29, 0.717) is 17.8 Å². The monoisotopic (exact) mass is 497 g/mol. The van der Waals surface area contributed by atoms with Crippen molar-refractivity contribution in [1.82, 2.24) is 9.47 Å². The summed E-state index contributed by atoms with van der Waals surface area (Å²) in [6.45, 7) is 0.519. The number of aromatic nitrogens is 1. The molecule has 2 aromatic carbocycles. The molecule has 7 heteroatoms. The molecule has 1 aliphatic carbocycles. The summed E-state index contributed by atoms with van der Waals surface area (Å²) in [6, 6.07) is 20.8. The standard InChI is InChI=1S/C29H27N3O3S/c1-35-28(33)20-11-7-12-21(17-20)30-29(34)32-18-23-22-13-5-6-15-25(22)36-27(23)31-16-8-14-24(31)26(32)19-9-3-2-4-10-19/h2-4,7-12,14,16-17,26H,5-6,13,15,18H2,1H3,(H,30,34). The maximum atomic E-state index is 14.0. The molecule has 6 rings (SSSR count). The maximum Gasteiger partial charge on any atom is 0.337 e. The van der Waals surface area contributed by atoms with Crippen LogP contribution in [-0.4, -0.2) is 28.6 Å². The van der Waals surface area contributed by atoms with Crippen molar-refractivity contribution in [2.75, 3.05) is 12.4 Å². The molecule has 36 heavy (non-hydrogen) atoms. The molecule has 182 valence electrons. The Hall–Kier alpha value is -3.84. The van der Waals surface area contributed by atoms with Crippen molar-refractivity contribution in [3.8, 4) is 5.00 Å². The minimum absolute atomic E-state index is 0.206. The van der Waals surface area contributed by atoms with E-state index in [4.69, 9.17) is 4.74 Å². The number of thiophene rings is 1. The quantitative estimate of drug-likeness (QED) is 0.336. The minimum atomic E-state index is -0.435. The maximum absolute atomic E-state index is 14.0. The molecule has 2 aromatic heterocycles. The highest BCUT2D eigenvalue weighted by atomic mass is 32.1. The summed E-state index contributed by atoms with van der Waals surface area (Å²) in [5.74, 6) is -0.435. The van der Waals surface area contributed by atoms with Gasteiger partial charge in [0.1, 0.15) is 5.00 Å². The predicted octanol–water partition coefficient (Wildman–Crippen LogP) is 6.34. The van der Waals surface area contributed by atoms with E-state index in [1.807, 2.05) is 34.4 Å². The Bertz CT molecular complexity index is 1440. The van der Waals surface area contributed by atoms with Gasteiger partial charge < -0.3 is 19.5 Å². The van der Waals surface area contributed by atoms with Crippen LogP contribution in [0.4, 0.5) is 10.5 Å². The number of anilines is 1. The molecule has 3 heterocycles. The molecule has 1 unspecified atom stereocenters. The number of amides is 2. The lowest BCUT2D eigenvalue weighted by Crippen LogP contribution is -2.38. The highest BCUT2D eigenvalue weighted by Gasteiger charge is 2.36. The fourth-order valence-electron chi connectivity index (χ4n) is 5.41. The molecule has 2 amide bonds. The van der Waals surface area contributed by atoms with Crippen LogP contribution in [0.5, 0.6) is 0 Å². The van der Waals surface area contributed by atoms with E-state index in [1.165, 1.54) is 41.0 Å². The molecule has 0 saturated carbocycles. The van der Waals surface area contributed by atoms with Crippen molar-refractivity contribution in [3.63, 3.8) is 0 Å². The lowest BCUT2D eigenvalue weighted by Gasteiger charge is -2.31. The van der Waals surface area contributed by atoms with Crippen LogP contribution in [0, 0.1) is 0 Å². The van der Waals surface area contributed by atoms with Gasteiger partial charge in [-0.1, -0.05) is 36.4 Å². The number of esters is 1. The van der Waals surface area contributed by atoms with Gasteiger partial charge in [-0.15, -0.1) is 11.3 Å². The van der Waals surface area contributed by atoms with Gasteiger partial charge in [-0.3, -0.25) is 0 Å². The smallest absolute Gasteiger partial charge is 0.337 e. The van der Waals surface area contributed by atoms with Crippen LogP contribution in [0.2, 0.25) is 0 Å². The van der Waals surface area contributed by atoms with Gasteiger partial charge in [0.15, 0.2) is 0 Å². The summed E-state index contributed by atoms with van der Waals surface area (Å²) < 4.78 is 7.13. The number of fused-ring (bicyclic) bond motifs is 5. The van der Waals surface area contributed by atoms with E-state index >= 15 is 0 Å². The zero-order valence-electron chi connectivity index (χ0n) is 20.1. The number of carbonyl (C=O) groups is 2. The molecular weight excluding hydrogens is 470 g/mol. The summed E-state index contributed by atoms with van der Waals surface area (Å²) in [4.78, 5) is 29.4. The Morgan fingerprint density at radius 3 is 2.64 bits per heavy atom. The van der Waals surface area contributed by atoms with Gasteiger partial charge in [-0.2, -0.15) is 0 Å². The van der Waals surface area contributed by atoms with Crippen LogP contribution in [-0.2, 0) is 24.1 Å². The molecule has 1 atom stereocenters. The molecule has 1 aliphatic heterocycles. The van der Waals surface area contributed by atoms with E-state index in [-0.39, 0.29) is 12.1 Å². The lowest BCUT2D eigenvalue weighted by molar-refractivity contribution is 0.0600. The largest absolute Gasteiger partial charge is 0.465 e. The first-order valence-electron chi connectivity index (χ1n) is 12.3. The zero-order chi connectivity index (χ0) is 24.6. The van der Waals surface area contributed by atoms with Crippen molar-refractivity contribution in [1.29, 1.82) is 0 Å². The van der Waals surface area contributed by atoms with Crippen molar-refractivity contribution >= 4 is 29.0 Å². The molecular formula is C29H27N3O3S. The number of aryl methyl sites for hydroxylation is 1. The fraction of sp³-hybridized carbons (Fsp3) is 0.241. The highest BCUT2D eigenvalue weighted by molar-refractivity contribution is 7.15. The second-order valence-corrected chi connectivity index (χ2v) is 10.3. The first kappa shape index (κ1) is 22.6. The average Bonchev–Trinajstić information content (AvgIpc) is 3.50. The molecule has 4 aromatic rings. The summed E-state index contributed by atoms with van der Waals surface area (Å²) >= 11 is 1.87. The summed E-state index contributed by atoms with van der Waals surface area (Å²) in [5, 5.41) is 4.29. The van der Waals surface area contributed by atoms with Gasteiger partial charge in [0.25, 0.3) is 0 Å². The summed E-state index contributed by atoms with van der Waals surface area (Å²) in [5.41, 5.74) is 5.75. The third-order valence-corrected chi connectivity index (χ3v) is 8.42. The van der Waals surface area contributed by atoms with Gasteiger partial charge in [-0.05, 0) is 67.1 Å². The minimum Gasteiger partial charge on any atom is -0.465 e. The Kier molecular flexibility index (Phi) is 5.85. The fourth-order valence-corrected chi connectivity index (χ4v) is 6.81. The van der Waals surface area contributed by atoms with E-state index in [9.17, 15) is 9.59 Å². The Morgan fingerprint density at radius 1 is 0.972 bits per heavy atom. The first-order valence-corrected chi connectivity index (χ1v) is 13.1. The number of ether oxygens (including phenoxy) is 1. The zero-order valence-corrected chi connectivity index (χ0v) is 20.9. The van der Waals surface area contributed by atoms with E-state index in [0.717, 1.165) is 24.1 Å². The van der Waals surface area contributed by atoms with Gasteiger partial charge in [0, 0.05) is 22.3 Å². The second-order valence-electron chi connectivity index (χ2n) is 9.24. The third kappa shape index (κ3) is 3.89. The normalized spacial score (nSPS) is 16.4. The number of rotatable bonds is 3. The molecule has 6 nitrogen and oxygen atoms in total. The van der Waals surface area contributed by atoms with E-state index in [1.54, 1.807) is 24.3 Å². The Morgan fingerprint density at radius 2 is 1.81 bits per heavy atom. The third-order valence-electron chi connectivity index (χ3n) is 7.09. The molecule has 0 spiro atoms. The molecule has 0 bridgehead atoms. The molecule has 0 fully saturated rings. The molecule has 0 radical (unpaired) electrons. The number of urea groups is 1. The number of carbonyl (C=O) groups excluding carboxylic acids is 2. The lowest BCUT2D eigenvalue weighted by atomic mass is 9.95. The number of methoxy groups -OCH3 is 1. The Balaban J connectivity index is 1.45. The number of nitrogens with one attached hydrogen (secondary N) is 1. The summed E-state index contributed by atoms with van der Waals surface area (Å²) in [6.07, 6.45) is 6.69. The number of nitrogens with zero attached hydrogens (tertiary/aromatic N) is 2. The van der Waals surface area contributed by atoms with Gasteiger partial charge in [0.2, 0.25) is 0 Å². The summed E-state index contributed by atoms with van der Waals surface area (Å²) in [7, 11) is 1.35. The van der Waals surface area contributed by atoms with Crippen molar-refractivity contribution in [2.24, 2.45) is 0 Å². The van der Waals surface area contributed by atoms with Crippen LogP contribution in [0.25, 0.3) is 5.00 Å². The predicted molar refractivity (Wildman–Crippen MR) is 141 cm³/mol. The van der Waals surface area contributed by atoms with Crippen LogP contribution in [0.1, 0.15) is 56.5 Å². The second kappa shape index (κ2) is 9.32. The van der Waals surface area contributed by atoms with Gasteiger partial charge in [0.05, 0.1) is 31.0 Å². The van der Waals surface area contributed by atoms with Crippen molar-refractivity contribution in [2.45, 2.75) is 38.3 Å². The first-order chi connectivity index (χ1) is 17.6. The molecule has 2 aliphatic rings. The van der Waals surface area contributed by atoms with Crippen molar-refractivity contribution < 1.29 is 14.3 Å². The van der Waals surface area contributed by atoms with Crippen LogP contribution < -0.4 is 5.32 Å².